The van der Waals surface area contributed by atoms with E-state index in [9.17, 15) is 29.2 Å². The van der Waals surface area contributed by atoms with Crippen LogP contribution < -0.4 is 4.90 Å². The van der Waals surface area contributed by atoms with Gasteiger partial charge in [0.25, 0.3) is 11.6 Å². The molecule has 192 valence electrons. The lowest BCUT2D eigenvalue weighted by molar-refractivity contribution is -0.384. The summed E-state index contributed by atoms with van der Waals surface area (Å²) in [6.45, 7) is 1.64. The van der Waals surface area contributed by atoms with E-state index in [0.717, 1.165) is 21.8 Å². The lowest BCUT2D eigenvalue weighted by atomic mass is 9.95. The lowest BCUT2D eigenvalue weighted by Crippen LogP contribution is -2.31. The Bertz CT molecular complexity index is 1600. The Morgan fingerprint density at radius 2 is 1.97 bits per heavy atom. The minimum atomic E-state index is -1.22. The highest BCUT2D eigenvalue weighted by atomic mass is 32.2. The van der Waals surface area contributed by atoms with Crippen molar-refractivity contribution in [3.05, 3.63) is 111 Å². The van der Waals surface area contributed by atoms with Crippen LogP contribution in [0.5, 0.6) is 0 Å². The Hall–Kier alpha value is -4.36. The highest BCUT2D eigenvalue weighted by Gasteiger charge is 2.47. The van der Waals surface area contributed by atoms with Gasteiger partial charge in [-0.3, -0.25) is 24.6 Å². The first-order chi connectivity index (χ1) is 18.2. The molecule has 10 nitrogen and oxygen atoms in total. The molecule has 1 amide bonds. The zero-order valence-electron chi connectivity index (χ0n) is 19.5. The van der Waals surface area contributed by atoms with E-state index in [4.69, 9.17) is 4.42 Å². The van der Waals surface area contributed by atoms with Crippen molar-refractivity contribution in [3.63, 3.8) is 0 Å². The van der Waals surface area contributed by atoms with Gasteiger partial charge in [0.05, 0.1) is 16.5 Å². The minimum Gasteiger partial charge on any atom is -0.503 e. The number of carbonyl (C=O) groups is 2. The van der Waals surface area contributed by atoms with Crippen LogP contribution in [0.2, 0.25) is 0 Å². The Balaban J connectivity index is 1.52. The molecule has 5 rings (SSSR count). The first kappa shape index (κ1) is 25.3. The van der Waals surface area contributed by atoms with Crippen LogP contribution in [0, 0.1) is 22.9 Å². The number of thioether (sulfide) groups is 1. The number of hydrogen-bond donors (Lipinski definition) is 1. The summed E-state index contributed by atoms with van der Waals surface area (Å²) in [4.78, 5) is 38.6. The van der Waals surface area contributed by atoms with Crippen LogP contribution >= 0.6 is 23.1 Å². The van der Waals surface area contributed by atoms with Crippen molar-refractivity contribution < 1.29 is 28.4 Å². The smallest absolute Gasteiger partial charge is 0.296 e. The van der Waals surface area contributed by atoms with Gasteiger partial charge in [-0.15, -0.1) is 10.2 Å². The van der Waals surface area contributed by atoms with Crippen molar-refractivity contribution in [1.29, 1.82) is 0 Å². The van der Waals surface area contributed by atoms with Crippen LogP contribution in [-0.2, 0) is 10.5 Å². The fraction of sp³-hybridized carbons (Fsp3) is 0.120. The summed E-state index contributed by atoms with van der Waals surface area (Å²) in [5.74, 6) is -1.98. The first-order valence-electron chi connectivity index (χ1n) is 11.1. The van der Waals surface area contributed by atoms with E-state index in [1.54, 1.807) is 25.1 Å². The molecular formula is C25H17FN4O6S2. The predicted octanol–water partition coefficient (Wildman–Crippen LogP) is 5.56. The molecule has 0 bridgehead atoms. The molecule has 4 aromatic rings. The average Bonchev–Trinajstić information content (AvgIpc) is 3.62. The fourth-order valence-electron chi connectivity index (χ4n) is 3.93. The fourth-order valence-corrected chi connectivity index (χ4v) is 5.75. The molecule has 38 heavy (non-hydrogen) atoms. The number of halogens is 1. The van der Waals surface area contributed by atoms with E-state index >= 15 is 0 Å². The zero-order valence-corrected chi connectivity index (χ0v) is 21.2. The van der Waals surface area contributed by atoms with Gasteiger partial charge in [0.1, 0.15) is 11.6 Å². The van der Waals surface area contributed by atoms with E-state index in [2.05, 4.69) is 10.2 Å². The number of non-ortho nitro benzene ring substituents is 1. The number of benzene rings is 2. The van der Waals surface area contributed by atoms with Gasteiger partial charge in [-0.25, -0.2) is 4.39 Å². The third-order valence-electron chi connectivity index (χ3n) is 5.69. The number of nitrogens with zero attached hydrogens (tertiary/aromatic N) is 4. The maximum atomic E-state index is 13.4. The normalized spacial score (nSPS) is 15.4. The Kier molecular flexibility index (Phi) is 6.78. The minimum absolute atomic E-state index is 0.0816. The number of aryl methyl sites for hydroxylation is 1. The Labute approximate surface area is 222 Å². The largest absolute Gasteiger partial charge is 0.503 e. The Morgan fingerprint density at radius 1 is 1.21 bits per heavy atom. The number of amides is 1. The number of hydrogen-bond acceptors (Lipinski definition) is 10. The van der Waals surface area contributed by atoms with Crippen molar-refractivity contribution >= 4 is 45.6 Å². The van der Waals surface area contributed by atoms with Crippen molar-refractivity contribution in [3.8, 4) is 0 Å². The SMILES string of the molecule is Cc1ccc(C(=O)C2=C(O)C(=O)N(c3nnc(SCc4ccc(F)cc4)s3)C2c2cccc([N+](=O)[O-])c2)o1. The van der Waals surface area contributed by atoms with E-state index in [0.29, 0.717) is 15.9 Å². The molecule has 1 aliphatic heterocycles. The number of anilines is 1. The van der Waals surface area contributed by atoms with Gasteiger partial charge in [-0.2, -0.15) is 0 Å². The summed E-state index contributed by atoms with van der Waals surface area (Å²) in [6, 6.07) is 13.2. The molecule has 2 aromatic carbocycles. The number of nitro groups is 1. The molecule has 0 radical (unpaired) electrons. The van der Waals surface area contributed by atoms with Crippen molar-refractivity contribution in [2.45, 2.75) is 23.1 Å². The van der Waals surface area contributed by atoms with E-state index in [-0.39, 0.29) is 33.5 Å². The monoisotopic (exact) mass is 552 g/mol. The second kappa shape index (κ2) is 10.2. The number of aromatic nitrogens is 2. The molecule has 0 saturated heterocycles. The van der Waals surface area contributed by atoms with Crippen LogP contribution in [0.25, 0.3) is 0 Å². The molecule has 3 heterocycles. The quantitative estimate of drug-likeness (QED) is 0.0978. The van der Waals surface area contributed by atoms with Crippen molar-refractivity contribution in [2.75, 3.05) is 4.90 Å². The molecule has 1 N–H and O–H groups in total. The third kappa shape index (κ3) is 4.80. The second-order valence-corrected chi connectivity index (χ2v) is 10.4. The van der Waals surface area contributed by atoms with Crippen molar-refractivity contribution in [2.24, 2.45) is 0 Å². The third-order valence-corrected chi connectivity index (χ3v) is 7.82. The van der Waals surface area contributed by atoms with Crippen molar-refractivity contribution in [1.82, 2.24) is 10.2 Å². The van der Waals surface area contributed by atoms with E-state index in [1.807, 2.05) is 0 Å². The van der Waals surface area contributed by atoms with Crippen LogP contribution in [0.15, 0.2) is 80.8 Å². The average molecular weight is 553 g/mol. The van der Waals surface area contributed by atoms with Gasteiger partial charge in [-0.1, -0.05) is 47.4 Å². The number of ketones is 1. The molecule has 1 unspecified atom stereocenters. The summed E-state index contributed by atoms with van der Waals surface area (Å²) in [7, 11) is 0. The van der Waals surface area contributed by atoms with Gasteiger partial charge in [0.15, 0.2) is 15.9 Å². The van der Waals surface area contributed by atoms with Crippen LogP contribution in [-0.4, -0.2) is 31.9 Å². The maximum Gasteiger partial charge on any atom is 0.296 e. The number of aliphatic hydroxyl groups excluding tert-OH is 1. The molecule has 0 fully saturated rings. The number of rotatable bonds is 8. The predicted molar refractivity (Wildman–Crippen MR) is 137 cm³/mol. The van der Waals surface area contributed by atoms with Crippen LogP contribution in [0.4, 0.5) is 15.2 Å². The number of aliphatic hydroxyl groups is 1. The summed E-state index contributed by atoms with van der Waals surface area (Å²) in [5.41, 5.74) is 0.523. The number of furan rings is 1. The molecule has 0 saturated carbocycles. The van der Waals surface area contributed by atoms with Gasteiger partial charge in [0, 0.05) is 17.9 Å². The standard InChI is InChI=1S/C25H17FN4O6S2/c1-13-5-10-18(36-13)21(31)19-20(15-3-2-4-17(11-15)30(34)35)29(23(33)22(19)32)24-27-28-25(38-24)37-12-14-6-8-16(26)9-7-14/h2-11,20,32H,12H2,1H3. The summed E-state index contributed by atoms with van der Waals surface area (Å²) >= 11 is 2.35. The summed E-state index contributed by atoms with van der Waals surface area (Å²) in [6.07, 6.45) is 0. The molecular weight excluding hydrogens is 535 g/mol. The molecule has 1 atom stereocenters. The second-order valence-electron chi connectivity index (χ2n) is 8.20. The lowest BCUT2D eigenvalue weighted by Gasteiger charge is -2.23. The summed E-state index contributed by atoms with van der Waals surface area (Å²) in [5, 5.41) is 30.6. The Morgan fingerprint density at radius 3 is 2.66 bits per heavy atom. The van der Waals surface area contributed by atoms with E-state index < -0.39 is 28.4 Å². The van der Waals surface area contributed by atoms with Gasteiger partial charge in [0.2, 0.25) is 10.9 Å². The molecule has 13 heteroatoms. The highest BCUT2D eigenvalue weighted by Crippen LogP contribution is 2.44. The van der Waals surface area contributed by atoms with Gasteiger partial charge >= 0.3 is 0 Å². The topological polar surface area (TPSA) is 140 Å². The zero-order chi connectivity index (χ0) is 27.0. The number of Topliss-reactive ketones (excluding diaryl/α,β-unsaturated/α-hetero) is 1. The van der Waals surface area contributed by atoms with Crippen LogP contribution in [0.3, 0.4) is 0 Å². The number of nitro benzene ring substituents is 1. The van der Waals surface area contributed by atoms with Crippen LogP contribution in [0.1, 0.15) is 33.5 Å². The molecule has 0 spiro atoms. The maximum absolute atomic E-state index is 13.4. The number of carbonyl (C=O) groups excluding carboxylic acids is 2. The van der Waals surface area contributed by atoms with Gasteiger partial charge in [-0.05, 0) is 42.3 Å². The van der Waals surface area contributed by atoms with E-state index in [1.165, 1.54) is 54.2 Å². The summed E-state index contributed by atoms with van der Waals surface area (Å²) < 4.78 is 19.1. The molecule has 2 aromatic heterocycles. The van der Waals surface area contributed by atoms with Gasteiger partial charge < -0.3 is 9.52 Å². The highest BCUT2D eigenvalue weighted by molar-refractivity contribution is 8.00. The molecule has 0 aliphatic carbocycles. The first-order valence-corrected chi connectivity index (χ1v) is 12.9. The molecule has 1 aliphatic rings.